The molecule has 190 valence electrons. The molecular formula is C27H29N7O2S. The summed E-state index contributed by atoms with van der Waals surface area (Å²) in [5.41, 5.74) is 7.87. The van der Waals surface area contributed by atoms with E-state index in [0.717, 1.165) is 35.0 Å². The van der Waals surface area contributed by atoms with Crippen molar-refractivity contribution in [3.8, 4) is 6.07 Å². The van der Waals surface area contributed by atoms with Gasteiger partial charge in [0.2, 0.25) is 5.95 Å². The molecule has 2 amide bonds. The number of likely N-dealkylation sites (tertiary alicyclic amines) is 1. The van der Waals surface area contributed by atoms with E-state index in [4.69, 9.17) is 11.1 Å². The molecule has 0 spiro atoms. The van der Waals surface area contributed by atoms with Crippen LogP contribution in [0.2, 0.25) is 0 Å². The van der Waals surface area contributed by atoms with Crippen LogP contribution >= 0.6 is 11.3 Å². The van der Waals surface area contributed by atoms with Crippen molar-refractivity contribution in [2.24, 2.45) is 11.7 Å². The molecule has 4 rings (SSSR count). The Labute approximate surface area is 219 Å². The summed E-state index contributed by atoms with van der Waals surface area (Å²) in [5.74, 6) is -0.0892. The molecule has 1 aliphatic rings. The molecule has 3 heterocycles. The first kappa shape index (κ1) is 25.9. The van der Waals surface area contributed by atoms with Crippen LogP contribution in [0, 0.1) is 22.7 Å². The van der Waals surface area contributed by atoms with E-state index >= 15 is 0 Å². The van der Waals surface area contributed by atoms with Gasteiger partial charge in [-0.3, -0.25) is 14.9 Å². The Morgan fingerprint density at radius 3 is 2.73 bits per heavy atom. The number of nitrogens with one attached hydrogen (secondary N) is 2. The van der Waals surface area contributed by atoms with Crippen LogP contribution in [0.4, 0.5) is 5.95 Å². The van der Waals surface area contributed by atoms with Gasteiger partial charge in [0.05, 0.1) is 22.0 Å². The summed E-state index contributed by atoms with van der Waals surface area (Å²) in [5, 5.41) is 20.0. The number of piperidine rings is 1. The second-order valence-corrected chi connectivity index (χ2v) is 10.2. The summed E-state index contributed by atoms with van der Waals surface area (Å²) in [6, 6.07) is 13.0. The predicted molar refractivity (Wildman–Crippen MR) is 146 cm³/mol. The molecule has 37 heavy (non-hydrogen) atoms. The first-order chi connectivity index (χ1) is 17.9. The highest BCUT2D eigenvalue weighted by Crippen LogP contribution is 2.32. The third-order valence-electron chi connectivity index (χ3n) is 6.17. The van der Waals surface area contributed by atoms with E-state index in [0.29, 0.717) is 29.5 Å². The zero-order chi connectivity index (χ0) is 26.5. The van der Waals surface area contributed by atoms with Crippen molar-refractivity contribution < 1.29 is 9.59 Å². The number of carbonyl (C=O) groups excluding carboxylic acids is 2. The number of aromatic nitrogens is 2. The highest BCUT2D eigenvalue weighted by atomic mass is 32.1. The number of anilines is 1. The molecule has 1 aliphatic heterocycles. The van der Waals surface area contributed by atoms with Gasteiger partial charge in [-0.05, 0) is 43.0 Å². The van der Waals surface area contributed by atoms with Crippen LogP contribution in [-0.4, -0.2) is 45.6 Å². The number of para-hydroxylation sites is 2. The third kappa shape index (κ3) is 5.47. The lowest BCUT2D eigenvalue weighted by molar-refractivity contribution is -0.128. The van der Waals surface area contributed by atoms with E-state index in [1.165, 1.54) is 17.5 Å². The van der Waals surface area contributed by atoms with E-state index in [9.17, 15) is 14.9 Å². The Balaban J connectivity index is 1.64. The number of nitriles is 1. The second kappa shape index (κ2) is 11.2. The summed E-state index contributed by atoms with van der Waals surface area (Å²) in [6.07, 6.45) is 5.75. The molecule has 2 aromatic heterocycles. The first-order valence-corrected chi connectivity index (χ1v) is 12.9. The number of amides is 2. The summed E-state index contributed by atoms with van der Waals surface area (Å²) in [7, 11) is 0. The molecule has 3 aromatic rings. The Hall–Kier alpha value is -4.23. The van der Waals surface area contributed by atoms with Gasteiger partial charge in [0, 0.05) is 36.0 Å². The molecular weight excluding hydrogens is 486 g/mol. The van der Waals surface area contributed by atoms with E-state index in [2.05, 4.69) is 16.4 Å². The Morgan fingerprint density at radius 2 is 2.03 bits per heavy atom. The number of nitrogens with two attached hydrogens (primary N) is 1. The average molecular weight is 516 g/mol. The fourth-order valence-corrected chi connectivity index (χ4v) is 5.39. The highest BCUT2D eigenvalue weighted by molar-refractivity contribution is 7.15. The molecule has 0 saturated carbocycles. The summed E-state index contributed by atoms with van der Waals surface area (Å²) < 4.78 is 1.99. The van der Waals surface area contributed by atoms with Gasteiger partial charge in [-0.15, -0.1) is 11.3 Å². The lowest BCUT2D eigenvalue weighted by Gasteiger charge is -2.34. The zero-order valence-corrected chi connectivity index (χ0v) is 21.6. The van der Waals surface area contributed by atoms with Gasteiger partial charge in [0.1, 0.15) is 11.6 Å². The number of allylic oxidation sites excluding steroid dienone is 2. The molecule has 10 heteroatoms. The minimum atomic E-state index is -0.315. The number of fused-ring (bicyclic) bond motifs is 1. The smallest absolute Gasteiger partial charge is 0.268 e. The van der Waals surface area contributed by atoms with Gasteiger partial charge in [-0.1, -0.05) is 32.1 Å². The minimum absolute atomic E-state index is 0.0896. The van der Waals surface area contributed by atoms with Crippen LogP contribution in [0.15, 0.2) is 54.2 Å². The zero-order valence-electron chi connectivity index (χ0n) is 20.8. The van der Waals surface area contributed by atoms with Gasteiger partial charge in [0.15, 0.2) is 0 Å². The largest absolute Gasteiger partial charge is 0.404 e. The lowest BCUT2D eigenvalue weighted by atomic mass is 10.0. The molecule has 1 unspecified atom stereocenters. The van der Waals surface area contributed by atoms with Crippen molar-refractivity contribution in [3.05, 3.63) is 64.0 Å². The van der Waals surface area contributed by atoms with E-state index in [1.807, 2.05) is 42.7 Å². The highest BCUT2D eigenvalue weighted by Gasteiger charge is 2.30. The summed E-state index contributed by atoms with van der Waals surface area (Å²) >= 11 is 1.24. The number of thiophene rings is 1. The normalized spacial score (nSPS) is 16.6. The molecule has 0 aliphatic carbocycles. The van der Waals surface area contributed by atoms with Crippen LogP contribution in [0.5, 0.6) is 0 Å². The topological polar surface area (TPSA) is 141 Å². The van der Waals surface area contributed by atoms with Crippen molar-refractivity contribution in [3.63, 3.8) is 0 Å². The van der Waals surface area contributed by atoms with Crippen LogP contribution in [0.25, 0.3) is 16.6 Å². The van der Waals surface area contributed by atoms with E-state index in [1.54, 1.807) is 23.1 Å². The molecule has 1 fully saturated rings. The fraction of sp³-hybridized carbons (Fsp3) is 0.296. The number of hydrogen-bond acceptors (Lipinski definition) is 7. The third-order valence-corrected chi connectivity index (χ3v) is 7.30. The average Bonchev–Trinajstić information content (AvgIpc) is 3.53. The molecule has 1 aromatic carbocycles. The Morgan fingerprint density at radius 1 is 1.27 bits per heavy atom. The Kier molecular flexibility index (Phi) is 7.84. The molecule has 0 radical (unpaired) electrons. The first-order valence-electron chi connectivity index (χ1n) is 12.1. The van der Waals surface area contributed by atoms with Crippen molar-refractivity contribution in [1.29, 1.82) is 10.7 Å². The van der Waals surface area contributed by atoms with Crippen LogP contribution in [-0.2, 0) is 4.79 Å². The fourth-order valence-electron chi connectivity index (χ4n) is 4.49. The Bertz CT molecular complexity index is 1440. The standard InChI is InChI=1S/C27H29N7O2S/c1-17(2)12-18(13-28)26(36)33-11-5-6-20(16-33)34-22-8-4-3-7-21(22)31-27(34)32-25(35)24-10-9-23(37-24)19(14-29)15-30/h3-4,7-10,12,14-15,17,20,29H,5-6,11,16,30H2,1-2H3,(H,31,32,35)/b18-12+,19-15+,29-14?. The lowest BCUT2D eigenvalue weighted by Crippen LogP contribution is -2.41. The van der Waals surface area contributed by atoms with Crippen molar-refractivity contribution in [2.45, 2.75) is 32.7 Å². The van der Waals surface area contributed by atoms with Gasteiger partial charge in [-0.2, -0.15) is 5.26 Å². The van der Waals surface area contributed by atoms with E-state index in [-0.39, 0.29) is 29.3 Å². The SMILES string of the molecule is CC(C)/C=C(\C#N)C(=O)N1CCCC(n2c(NC(=O)c3ccc(/C(C=N)=C/N)s3)nc3ccccc32)C1. The van der Waals surface area contributed by atoms with Crippen LogP contribution < -0.4 is 11.1 Å². The maximum absolute atomic E-state index is 13.2. The van der Waals surface area contributed by atoms with Gasteiger partial charge in [0.25, 0.3) is 11.8 Å². The second-order valence-electron chi connectivity index (χ2n) is 9.16. The maximum Gasteiger partial charge on any atom is 0.268 e. The molecule has 4 N–H and O–H groups in total. The summed E-state index contributed by atoms with van der Waals surface area (Å²) in [4.78, 5) is 33.9. The molecule has 0 bridgehead atoms. The minimum Gasteiger partial charge on any atom is -0.404 e. The molecule has 1 saturated heterocycles. The number of rotatable bonds is 7. The summed E-state index contributed by atoms with van der Waals surface area (Å²) in [6.45, 7) is 4.85. The van der Waals surface area contributed by atoms with Gasteiger partial charge in [-0.25, -0.2) is 4.98 Å². The quantitative estimate of drug-likeness (QED) is 0.240. The van der Waals surface area contributed by atoms with Gasteiger partial charge >= 0.3 is 0 Å². The van der Waals surface area contributed by atoms with Gasteiger partial charge < -0.3 is 20.6 Å². The maximum atomic E-state index is 13.2. The molecule has 1 atom stereocenters. The van der Waals surface area contributed by atoms with E-state index < -0.39 is 0 Å². The monoisotopic (exact) mass is 515 g/mol. The van der Waals surface area contributed by atoms with Crippen molar-refractivity contribution >= 4 is 51.9 Å². The number of hydrogen-bond donors (Lipinski definition) is 3. The van der Waals surface area contributed by atoms with Crippen molar-refractivity contribution in [1.82, 2.24) is 14.5 Å². The number of carbonyl (C=O) groups is 2. The van der Waals surface area contributed by atoms with Crippen molar-refractivity contribution in [2.75, 3.05) is 18.4 Å². The van der Waals surface area contributed by atoms with Crippen LogP contribution in [0.3, 0.4) is 0 Å². The number of benzene rings is 1. The van der Waals surface area contributed by atoms with Crippen LogP contribution in [0.1, 0.15) is 47.3 Å². The predicted octanol–water partition coefficient (Wildman–Crippen LogP) is 4.57. The number of imidazole rings is 1. The number of nitrogens with zero attached hydrogens (tertiary/aromatic N) is 4. The molecule has 9 nitrogen and oxygen atoms in total.